The van der Waals surface area contributed by atoms with Crippen LogP contribution in [0.3, 0.4) is 0 Å². The topological polar surface area (TPSA) is 104 Å². The number of benzene rings is 1. The van der Waals surface area contributed by atoms with Crippen molar-refractivity contribution in [1.82, 2.24) is 25.3 Å². The molecule has 0 radical (unpaired) electrons. The van der Waals surface area contributed by atoms with Gasteiger partial charge in [-0.1, -0.05) is 19.9 Å². The van der Waals surface area contributed by atoms with Crippen LogP contribution in [0.15, 0.2) is 34.7 Å². The highest BCUT2D eigenvalue weighted by molar-refractivity contribution is 5.94. The zero-order valence-electron chi connectivity index (χ0n) is 19.1. The summed E-state index contributed by atoms with van der Waals surface area (Å²) in [5, 5.41) is 15.6. The summed E-state index contributed by atoms with van der Waals surface area (Å²) < 4.78 is 18.7. The lowest BCUT2D eigenvalue weighted by atomic mass is 10.1. The van der Waals surface area contributed by atoms with Gasteiger partial charge in [-0.2, -0.15) is 5.10 Å². The summed E-state index contributed by atoms with van der Waals surface area (Å²) in [6.07, 6.45) is 0.645. The first-order chi connectivity index (χ1) is 15.2. The summed E-state index contributed by atoms with van der Waals surface area (Å²) in [4.78, 5) is 12.8. The molecule has 1 saturated heterocycles. The van der Waals surface area contributed by atoms with Crippen LogP contribution in [-0.4, -0.2) is 50.9 Å². The van der Waals surface area contributed by atoms with Crippen LogP contribution in [0.2, 0.25) is 0 Å². The number of amides is 1. The van der Waals surface area contributed by atoms with Gasteiger partial charge in [0, 0.05) is 24.7 Å². The first-order valence-corrected chi connectivity index (χ1v) is 10.8. The third-order valence-corrected chi connectivity index (χ3v) is 5.06. The smallest absolute Gasteiger partial charge is 0.268 e. The molecular formula is C23H29N5O4. The minimum absolute atomic E-state index is 0.165. The van der Waals surface area contributed by atoms with Gasteiger partial charge in [0.15, 0.2) is 5.79 Å². The van der Waals surface area contributed by atoms with Crippen molar-refractivity contribution in [3.05, 3.63) is 47.5 Å². The van der Waals surface area contributed by atoms with Gasteiger partial charge < -0.3 is 19.2 Å². The molecule has 1 unspecified atom stereocenters. The number of rotatable bonds is 7. The summed E-state index contributed by atoms with van der Waals surface area (Å²) in [6, 6.07) is 9.33. The average Bonchev–Trinajstić information content (AvgIpc) is 3.44. The van der Waals surface area contributed by atoms with Crippen LogP contribution >= 0.6 is 0 Å². The molecule has 2 aromatic heterocycles. The third kappa shape index (κ3) is 5.05. The number of carbonyl (C=O) groups excluding carboxylic acids is 1. The minimum Gasteiger partial charge on any atom is -0.420 e. The van der Waals surface area contributed by atoms with Gasteiger partial charge in [0.1, 0.15) is 11.8 Å². The third-order valence-electron chi connectivity index (χ3n) is 5.06. The van der Waals surface area contributed by atoms with E-state index in [4.69, 9.17) is 19.0 Å². The van der Waals surface area contributed by atoms with Crippen molar-refractivity contribution >= 4 is 5.91 Å². The Morgan fingerprint density at radius 3 is 2.75 bits per heavy atom. The highest BCUT2D eigenvalue weighted by Gasteiger charge is 2.32. The van der Waals surface area contributed by atoms with E-state index in [1.165, 1.54) is 0 Å². The first kappa shape index (κ1) is 22.2. The second-order valence-electron chi connectivity index (χ2n) is 8.87. The van der Waals surface area contributed by atoms with Gasteiger partial charge in [-0.05, 0) is 50.5 Å². The molecule has 1 atom stereocenters. The van der Waals surface area contributed by atoms with Crippen LogP contribution in [0.1, 0.15) is 49.6 Å². The summed E-state index contributed by atoms with van der Waals surface area (Å²) >= 11 is 0. The van der Waals surface area contributed by atoms with E-state index >= 15 is 0 Å². The zero-order valence-corrected chi connectivity index (χ0v) is 19.1. The van der Waals surface area contributed by atoms with Crippen LogP contribution in [0.4, 0.5) is 0 Å². The second kappa shape index (κ2) is 8.84. The molecule has 1 fully saturated rings. The number of nitrogens with one attached hydrogen (secondary N) is 1. The fraction of sp³-hybridized carbons (Fsp3) is 0.478. The van der Waals surface area contributed by atoms with Crippen LogP contribution in [-0.2, 0) is 15.9 Å². The van der Waals surface area contributed by atoms with Crippen LogP contribution in [0, 0.1) is 12.8 Å². The van der Waals surface area contributed by atoms with Crippen molar-refractivity contribution < 1.29 is 18.7 Å². The fourth-order valence-electron chi connectivity index (χ4n) is 3.66. The molecule has 1 aliphatic heterocycles. The molecule has 32 heavy (non-hydrogen) atoms. The van der Waals surface area contributed by atoms with E-state index < -0.39 is 5.79 Å². The summed E-state index contributed by atoms with van der Waals surface area (Å²) in [7, 11) is 0. The lowest BCUT2D eigenvalue weighted by molar-refractivity contribution is -0.137. The SMILES string of the molecule is Cc1nnc(-c2cc(CC(C)C)n(-c3cccc(C(=O)NCC4COC(C)(C)O4)c3)n2)o1. The molecule has 3 heterocycles. The van der Waals surface area contributed by atoms with Gasteiger partial charge in [0.2, 0.25) is 5.89 Å². The predicted octanol–water partition coefficient (Wildman–Crippen LogP) is 3.31. The van der Waals surface area contributed by atoms with Gasteiger partial charge in [-0.3, -0.25) is 4.79 Å². The molecule has 4 rings (SSSR count). The molecule has 1 amide bonds. The highest BCUT2D eigenvalue weighted by atomic mass is 16.7. The van der Waals surface area contributed by atoms with Gasteiger partial charge in [0.05, 0.1) is 12.3 Å². The molecule has 1 aromatic carbocycles. The van der Waals surface area contributed by atoms with Crippen molar-refractivity contribution in [2.24, 2.45) is 5.92 Å². The zero-order chi connectivity index (χ0) is 22.9. The quantitative estimate of drug-likeness (QED) is 0.602. The van der Waals surface area contributed by atoms with Crippen molar-refractivity contribution in [1.29, 1.82) is 0 Å². The maximum Gasteiger partial charge on any atom is 0.268 e. The van der Waals surface area contributed by atoms with Crippen LogP contribution in [0.5, 0.6) is 0 Å². The van der Waals surface area contributed by atoms with Gasteiger partial charge >= 0.3 is 0 Å². The molecule has 9 nitrogen and oxygen atoms in total. The monoisotopic (exact) mass is 439 g/mol. The molecule has 0 spiro atoms. The molecule has 0 bridgehead atoms. The first-order valence-electron chi connectivity index (χ1n) is 10.8. The average molecular weight is 440 g/mol. The summed E-state index contributed by atoms with van der Waals surface area (Å²) in [5.74, 6) is 0.495. The number of hydrogen-bond donors (Lipinski definition) is 1. The summed E-state index contributed by atoms with van der Waals surface area (Å²) in [5.41, 5.74) is 2.94. The van der Waals surface area contributed by atoms with E-state index in [9.17, 15) is 4.79 Å². The molecule has 3 aromatic rings. The van der Waals surface area contributed by atoms with Crippen LogP contribution < -0.4 is 5.32 Å². The Morgan fingerprint density at radius 1 is 1.28 bits per heavy atom. The van der Waals surface area contributed by atoms with Gasteiger partial charge in [0.25, 0.3) is 11.8 Å². The standard InChI is InChI=1S/C23H29N5O4/c1-14(2)9-18-11-20(22-26-25-15(3)31-22)27-28(18)17-8-6-7-16(10-17)21(29)24-12-19-13-30-23(4,5)32-19/h6-8,10-11,14,19H,9,12-13H2,1-5H3,(H,24,29). The predicted molar refractivity (Wildman–Crippen MR) is 117 cm³/mol. The minimum atomic E-state index is -0.614. The molecular weight excluding hydrogens is 410 g/mol. The van der Waals surface area contributed by atoms with Crippen LogP contribution in [0.25, 0.3) is 17.3 Å². The van der Waals surface area contributed by atoms with E-state index in [2.05, 4.69) is 29.4 Å². The van der Waals surface area contributed by atoms with E-state index in [1.807, 2.05) is 42.8 Å². The fourth-order valence-corrected chi connectivity index (χ4v) is 3.66. The second-order valence-corrected chi connectivity index (χ2v) is 8.87. The molecule has 0 saturated carbocycles. The van der Waals surface area contributed by atoms with E-state index in [-0.39, 0.29) is 12.0 Å². The lowest BCUT2D eigenvalue weighted by Crippen LogP contribution is -2.34. The molecule has 9 heteroatoms. The van der Waals surface area contributed by atoms with Crippen molar-refractivity contribution in [3.8, 4) is 17.3 Å². The molecule has 1 aliphatic rings. The molecule has 0 aliphatic carbocycles. The van der Waals surface area contributed by atoms with Crippen molar-refractivity contribution in [2.45, 2.75) is 52.9 Å². The lowest BCUT2D eigenvalue weighted by Gasteiger charge is -2.17. The number of nitrogens with zero attached hydrogens (tertiary/aromatic N) is 4. The number of ether oxygens (including phenoxy) is 2. The van der Waals surface area contributed by atoms with Crippen molar-refractivity contribution in [2.75, 3.05) is 13.2 Å². The number of carbonyl (C=O) groups is 1. The Bertz CT molecular complexity index is 1100. The van der Waals surface area contributed by atoms with E-state index in [1.54, 1.807) is 13.0 Å². The Labute approximate surface area is 187 Å². The highest BCUT2D eigenvalue weighted by Crippen LogP contribution is 2.24. The maximum atomic E-state index is 12.8. The number of aromatic nitrogens is 4. The summed E-state index contributed by atoms with van der Waals surface area (Å²) in [6.45, 7) is 10.6. The molecule has 170 valence electrons. The normalized spacial score (nSPS) is 17.8. The Morgan fingerprint density at radius 2 is 2.09 bits per heavy atom. The van der Waals surface area contributed by atoms with Crippen molar-refractivity contribution in [3.63, 3.8) is 0 Å². The van der Waals surface area contributed by atoms with E-state index in [0.717, 1.165) is 17.8 Å². The largest absolute Gasteiger partial charge is 0.420 e. The Kier molecular flexibility index (Phi) is 6.12. The number of aryl methyl sites for hydroxylation is 1. The maximum absolute atomic E-state index is 12.8. The van der Waals surface area contributed by atoms with E-state index in [0.29, 0.717) is 42.1 Å². The number of hydrogen-bond acceptors (Lipinski definition) is 7. The van der Waals surface area contributed by atoms with Gasteiger partial charge in [-0.25, -0.2) is 4.68 Å². The van der Waals surface area contributed by atoms with Gasteiger partial charge in [-0.15, -0.1) is 10.2 Å². The Balaban J connectivity index is 1.55. The Hall–Kier alpha value is -3.04. The molecule has 1 N–H and O–H groups in total.